The van der Waals surface area contributed by atoms with Crippen molar-refractivity contribution in [3.63, 3.8) is 0 Å². The summed E-state index contributed by atoms with van der Waals surface area (Å²) in [5, 5.41) is 5.99. The highest BCUT2D eigenvalue weighted by atomic mass is 16.2. The first kappa shape index (κ1) is 16.9. The van der Waals surface area contributed by atoms with Crippen LogP contribution in [0.25, 0.3) is 0 Å². The second-order valence-corrected chi connectivity index (χ2v) is 5.50. The van der Waals surface area contributed by atoms with E-state index in [1.54, 1.807) is 32.4 Å². The molecule has 0 aliphatic heterocycles. The summed E-state index contributed by atoms with van der Waals surface area (Å²) < 4.78 is 0. The highest BCUT2D eigenvalue weighted by Crippen LogP contribution is 2.09. The minimum absolute atomic E-state index is 0.0230. The zero-order chi connectivity index (χ0) is 15.8. The summed E-state index contributed by atoms with van der Waals surface area (Å²) in [6, 6.07) is 3.47. The van der Waals surface area contributed by atoms with Gasteiger partial charge < -0.3 is 15.5 Å². The van der Waals surface area contributed by atoms with Gasteiger partial charge in [-0.15, -0.1) is 0 Å². The van der Waals surface area contributed by atoms with Gasteiger partial charge in [0.05, 0.1) is 0 Å². The predicted molar refractivity (Wildman–Crippen MR) is 83.2 cm³/mol. The molecule has 6 nitrogen and oxygen atoms in total. The van der Waals surface area contributed by atoms with Gasteiger partial charge in [-0.2, -0.15) is 0 Å². The van der Waals surface area contributed by atoms with Crippen molar-refractivity contribution in [2.75, 3.05) is 32.5 Å². The number of rotatable bonds is 7. The van der Waals surface area contributed by atoms with E-state index in [1.807, 2.05) is 0 Å². The molecule has 0 bridgehead atoms. The average molecular weight is 292 g/mol. The first-order chi connectivity index (χ1) is 9.90. The fraction of sp³-hybridized carbons (Fsp3) is 0.533. The van der Waals surface area contributed by atoms with E-state index in [0.29, 0.717) is 31.1 Å². The number of hydrogen-bond donors (Lipinski definition) is 2. The SMILES string of the molecule is CC(C)CNC(=O)CCNc1ccnc(C(=O)N(C)C)c1. The van der Waals surface area contributed by atoms with Crippen LogP contribution >= 0.6 is 0 Å². The van der Waals surface area contributed by atoms with Crippen LogP contribution in [0.1, 0.15) is 30.8 Å². The van der Waals surface area contributed by atoms with E-state index in [-0.39, 0.29) is 11.8 Å². The molecule has 2 amide bonds. The molecule has 0 atom stereocenters. The molecule has 1 heterocycles. The fourth-order valence-corrected chi connectivity index (χ4v) is 1.61. The smallest absolute Gasteiger partial charge is 0.272 e. The number of nitrogens with one attached hydrogen (secondary N) is 2. The molecule has 0 aliphatic carbocycles. The van der Waals surface area contributed by atoms with Crippen LogP contribution in [-0.2, 0) is 4.79 Å². The molecular weight excluding hydrogens is 268 g/mol. The Morgan fingerprint density at radius 2 is 2.05 bits per heavy atom. The molecule has 0 saturated heterocycles. The zero-order valence-electron chi connectivity index (χ0n) is 13.1. The summed E-state index contributed by atoms with van der Waals surface area (Å²) in [5.74, 6) is 0.324. The lowest BCUT2D eigenvalue weighted by molar-refractivity contribution is -0.120. The molecule has 6 heteroatoms. The Labute approximate surface area is 125 Å². The van der Waals surface area contributed by atoms with Gasteiger partial charge in [0.1, 0.15) is 5.69 Å². The van der Waals surface area contributed by atoms with Gasteiger partial charge >= 0.3 is 0 Å². The molecule has 1 aromatic heterocycles. The summed E-state index contributed by atoms with van der Waals surface area (Å²) in [5.41, 5.74) is 1.17. The summed E-state index contributed by atoms with van der Waals surface area (Å²) in [7, 11) is 3.37. The minimum Gasteiger partial charge on any atom is -0.384 e. The number of pyridine rings is 1. The number of amides is 2. The first-order valence-electron chi connectivity index (χ1n) is 7.08. The average Bonchev–Trinajstić information content (AvgIpc) is 2.44. The Morgan fingerprint density at radius 3 is 2.67 bits per heavy atom. The summed E-state index contributed by atoms with van der Waals surface area (Å²) in [4.78, 5) is 28.9. The van der Waals surface area contributed by atoms with Crippen molar-refractivity contribution in [1.82, 2.24) is 15.2 Å². The van der Waals surface area contributed by atoms with Crippen LogP contribution in [0.2, 0.25) is 0 Å². The Morgan fingerprint density at radius 1 is 1.33 bits per heavy atom. The Balaban J connectivity index is 2.44. The van der Waals surface area contributed by atoms with Crippen molar-refractivity contribution < 1.29 is 9.59 Å². The summed E-state index contributed by atoms with van der Waals surface area (Å²) in [6.07, 6.45) is 1.98. The lowest BCUT2D eigenvalue weighted by Gasteiger charge is -2.11. The van der Waals surface area contributed by atoms with Gasteiger partial charge in [0, 0.05) is 45.5 Å². The van der Waals surface area contributed by atoms with Gasteiger partial charge in [0.25, 0.3) is 5.91 Å². The van der Waals surface area contributed by atoms with E-state index in [9.17, 15) is 9.59 Å². The highest BCUT2D eigenvalue weighted by molar-refractivity contribution is 5.92. The maximum absolute atomic E-state index is 11.8. The van der Waals surface area contributed by atoms with Gasteiger partial charge in [-0.1, -0.05) is 13.8 Å². The van der Waals surface area contributed by atoms with Crippen molar-refractivity contribution >= 4 is 17.5 Å². The fourth-order valence-electron chi connectivity index (χ4n) is 1.61. The maximum atomic E-state index is 11.8. The second kappa shape index (κ2) is 8.24. The van der Waals surface area contributed by atoms with Crippen molar-refractivity contribution in [2.24, 2.45) is 5.92 Å². The Bertz CT molecular complexity index is 486. The van der Waals surface area contributed by atoms with Crippen LogP contribution in [0.5, 0.6) is 0 Å². The second-order valence-electron chi connectivity index (χ2n) is 5.50. The molecule has 1 aromatic rings. The van der Waals surface area contributed by atoms with E-state index in [2.05, 4.69) is 29.5 Å². The van der Waals surface area contributed by atoms with E-state index in [4.69, 9.17) is 0 Å². The molecule has 2 N–H and O–H groups in total. The number of anilines is 1. The van der Waals surface area contributed by atoms with Crippen molar-refractivity contribution in [3.8, 4) is 0 Å². The molecule has 1 rings (SSSR count). The van der Waals surface area contributed by atoms with E-state index < -0.39 is 0 Å². The lowest BCUT2D eigenvalue weighted by atomic mass is 10.2. The van der Waals surface area contributed by atoms with Gasteiger partial charge in [-0.3, -0.25) is 14.6 Å². The standard InChI is InChI=1S/C15H24N4O2/c1-11(2)10-18-14(20)6-8-16-12-5-7-17-13(9-12)15(21)19(3)4/h5,7,9,11H,6,8,10H2,1-4H3,(H,16,17)(H,18,20). The van der Waals surface area contributed by atoms with Gasteiger partial charge in [-0.05, 0) is 18.1 Å². The third-order valence-electron chi connectivity index (χ3n) is 2.77. The van der Waals surface area contributed by atoms with Crippen molar-refractivity contribution in [2.45, 2.75) is 20.3 Å². The molecule has 0 radical (unpaired) electrons. The van der Waals surface area contributed by atoms with Crippen LogP contribution in [0, 0.1) is 5.92 Å². The lowest BCUT2D eigenvalue weighted by Crippen LogP contribution is -2.28. The number of carbonyl (C=O) groups excluding carboxylic acids is 2. The van der Waals surface area contributed by atoms with Crippen molar-refractivity contribution in [1.29, 1.82) is 0 Å². The van der Waals surface area contributed by atoms with Crippen LogP contribution in [0.15, 0.2) is 18.3 Å². The van der Waals surface area contributed by atoms with Gasteiger partial charge in [0.2, 0.25) is 5.91 Å². The topological polar surface area (TPSA) is 74.3 Å². The number of hydrogen-bond acceptors (Lipinski definition) is 4. The van der Waals surface area contributed by atoms with Crippen LogP contribution in [0.4, 0.5) is 5.69 Å². The van der Waals surface area contributed by atoms with E-state index in [0.717, 1.165) is 5.69 Å². The largest absolute Gasteiger partial charge is 0.384 e. The Hall–Kier alpha value is -2.11. The molecule has 0 unspecified atom stereocenters. The van der Waals surface area contributed by atoms with Crippen LogP contribution < -0.4 is 10.6 Å². The number of carbonyl (C=O) groups is 2. The third-order valence-corrected chi connectivity index (χ3v) is 2.77. The Kier molecular flexibility index (Phi) is 6.65. The first-order valence-corrected chi connectivity index (χ1v) is 7.08. The van der Waals surface area contributed by atoms with Gasteiger partial charge in [-0.25, -0.2) is 0 Å². The molecular formula is C15H24N4O2. The third kappa shape index (κ3) is 6.25. The van der Waals surface area contributed by atoms with E-state index >= 15 is 0 Å². The maximum Gasteiger partial charge on any atom is 0.272 e. The molecule has 0 aliphatic rings. The highest BCUT2D eigenvalue weighted by Gasteiger charge is 2.10. The van der Waals surface area contributed by atoms with Crippen LogP contribution in [-0.4, -0.2) is 48.9 Å². The van der Waals surface area contributed by atoms with Crippen LogP contribution in [0.3, 0.4) is 0 Å². The molecule has 0 spiro atoms. The monoisotopic (exact) mass is 292 g/mol. The molecule has 116 valence electrons. The molecule has 21 heavy (non-hydrogen) atoms. The van der Waals surface area contributed by atoms with Crippen molar-refractivity contribution in [3.05, 3.63) is 24.0 Å². The molecule has 0 fully saturated rings. The normalized spacial score (nSPS) is 10.3. The zero-order valence-corrected chi connectivity index (χ0v) is 13.1. The van der Waals surface area contributed by atoms with E-state index in [1.165, 1.54) is 4.90 Å². The van der Waals surface area contributed by atoms with Gasteiger partial charge in [0.15, 0.2) is 0 Å². The molecule has 0 aromatic carbocycles. The summed E-state index contributed by atoms with van der Waals surface area (Å²) >= 11 is 0. The summed E-state index contributed by atoms with van der Waals surface area (Å²) in [6.45, 7) is 5.32. The minimum atomic E-state index is -0.145. The number of aromatic nitrogens is 1. The number of nitrogens with zero attached hydrogens (tertiary/aromatic N) is 2. The quantitative estimate of drug-likeness (QED) is 0.795. The predicted octanol–water partition coefficient (Wildman–Crippen LogP) is 1.36. The molecule has 0 saturated carbocycles.